The molecule has 0 saturated heterocycles. The van der Waals surface area contributed by atoms with E-state index in [-0.39, 0.29) is 24.2 Å². The summed E-state index contributed by atoms with van der Waals surface area (Å²) in [5.74, 6) is 0. The number of halogens is 1. The first-order chi connectivity index (χ1) is 10.00. The van der Waals surface area contributed by atoms with Crippen LogP contribution in [0.4, 0.5) is 5.69 Å². The van der Waals surface area contributed by atoms with Crippen molar-refractivity contribution < 1.29 is 5.11 Å². The van der Waals surface area contributed by atoms with Crippen LogP contribution in [0.3, 0.4) is 0 Å². The summed E-state index contributed by atoms with van der Waals surface area (Å²) in [6.07, 6.45) is 6.47. The lowest BCUT2D eigenvalue weighted by Gasteiger charge is -2.36. The van der Waals surface area contributed by atoms with E-state index in [1.165, 1.54) is 30.4 Å². The van der Waals surface area contributed by atoms with Crippen molar-refractivity contribution in [1.29, 1.82) is 0 Å². The Balaban J connectivity index is 2.13. The Kier molecular flexibility index (Phi) is 5.40. The number of hydrogen-bond acceptors (Lipinski definition) is 5. The Morgan fingerprint density at radius 3 is 2.71 bits per heavy atom. The molecule has 0 atom stereocenters. The molecule has 0 spiro atoms. The smallest absolute Gasteiger partial charge is 0.283 e. The van der Waals surface area contributed by atoms with Crippen molar-refractivity contribution >= 4 is 21.6 Å². The molecule has 1 aliphatic carbocycles. The van der Waals surface area contributed by atoms with Crippen molar-refractivity contribution in [2.24, 2.45) is 0 Å². The summed E-state index contributed by atoms with van der Waals surface area (Å²) in [5.41, 5.74) is 0.640. The molecule has 1 saturated carbocycles. The van der Waals surface area contributed by atoms with Crippen LogP contribution >= 0.6 is 15.9 Å². The van der Waals surface area contributed by atoms with Gasteiger partial charge in [-0.3, -0.25) is 4.79 Å². The maximum absolute atomic E-state index is 12.1. The highest BCUT2D eigenvalue weighted by atomic mass is 79.9. The number of rotatable bonds is 6. The Hall–Kier alpha value is -0.920. The van der Waals surface area contributed by atoms with E-state index in [9.17, 15) is 4.79 Å². The quantitative estimate of drug-likeness (QED) is 0.801. The van der Waals surface area contributed by atoms with Gasteiger partial charge in [0.05, 0.1) is 25.0 Å². The van der Waals surface area contributed by atoms with Crippen molar-refractivity contribution in [3.63, 3.8) is 0 Å². The minimum atomic E-state index is -0.223. The lowest BCUT2D eigenvalue weighted by Crippen LogP contribution is -2.47. The minimum absolute atomic E-state index is 0.101. The molecule has 0 amide bonds. The van der Waals surface area contributed by atoms with Gasteiger partial charge in [-0.05, 0) is 42.9 Å². The van der Waals surface area contributed by atoms with Gasteiger partial charge in [-0.2, -0.15) is 5.10 Å². The standard InChI is InChI=1S/C14H23BrN4O2/c1-18(2)14(5-3-4-6-14)10-16-11-9-17-19(7-8-20)13(21)12(11)15/h9,16,20H,3-8,10H2,1-2H3. The summed E-state index contributed by atoms with van der Waals surface area (Å²) in [6, 6.07) is 0. The molecule has 1 fully saturated rings. The zero-order valence-electron chi connectivity index (χ0n) is 12.6. The largest absolute Gasteiger partial charge is 0.394 e. The molecule has 0 bridgehead atoms. The first kappa shape index (κ1) is 16.5. The molecule has 2 rings (SSSR count). The number of nitrogens with zero attached hydrogens (tertiary/aromatic N) is 3. The fraction of sp³-hybridized carbons (Fsp3) is 0.714. The SMILES string of the molecule is CN(C)C1(CNc2cnn(CCO)c(=O)c2Br)CCCC1. The van der Waals surface area contributed by atoms with E-state index >= 15 is 0 Å². The molecule has 0 aliphatic heterocycles. The molecule has 1 aromatic heterocycles. The number of nitrogens with one attached hydrogen (secondary N) is 1. The van der Waals surface area contributed by atoms with Gasteiger partial charge in [0.2, 0.25) is 0 Å². The van der Waals surface area contributed by atoms with E-state index in [2.05, 4.69) is 45.3 Å². The number of anilines is 1. The van der Waals surface area contributed by atoms with Crippen LogP contribution in [-0.2, 0) is 6.54 Å². The molecule has 118 valence electrons. The van der Waals surface area contributed by atoms with Gasteiger partial charge in [0.15, 0.2) is 0 Å². The van der Waals surface area contributed by atoms with Crippen LogP contribution in [0.25, 0.3) is 0 Å². The number of aromatic nitrogens is 2. The second kappa shape index (κ2) is 6.89. The summed E-state index contributed by atoms with van der Waals surface area (Å²) in [5, 5.41) is 16.4. The number of aliphatic hydroxyl groups excluding tert-OH is 1. The van der Waals surface area contributed by atoms with Crippen LogP contribution in [0.1, 0.15) is 25.7 Å². The maximum Gasteiger partial charge on any atom is 0.283 e. The fourth-order valence-electron chi connectivity index (χ4n) is 2.92. The summed E-state index contributed by atoms with van der Waals surface area (Å²) >= 11 is 3.33. The molecule has 1 heterocycles. The van der Waals surface area contributed by atoms with E-state index in [1.54, 1.807) is 6.20 Å². The number of aliphatic hydroxyl groups is 1. The molecular formula is C14H23BrN4O2. The molecule has 0 radical (unpaired) electrons. The second-order valence-corrected chi connectivity index (χ2v) is 6.60. The first-order valence-corrected chi connectivity index (χ1v) is 8.07. The molecule has 21 heavy (non-hydrogen) atoms. The van der Waals surface area contributed by atoms with Gasteiger partial charge in [-0.1, -0.05) is 12.8 Å². The second-order valence-electron chi connectivity index (χ2n) is 5.80. The molecule has 6 nitrogen and oxygen atoms in total. The highest BCUT2D eigenvalue weighted by Gasteiger charge is 2.35. The monoisotopic (exact) mass is 358 g/mol. The van der Waals surface area contributed by atoms with E-state index in [0.717, 1.165) is 6.54 Å². The lowest BCUT2D eigenvalue weighted by atomic mass is 9.96. The average molecular weight is 359 g/mol. The fourth-order valence-corrected chi connectivity index (χ4v) is 3.36. The Labute approximate surface area is 133 Å². The van der Waals surface area contributed by atoms with Gasteiger partial charge >= 0.3 is 0 Å². The third-order valence-electron chi connectivity index (χ3n) is 4.39. The van der Waals surface area contributed by atoms with Crippen LogP contribution in [0, 0.1) is 0 Å². The van der Waals surface area contributed by atoms with E-state index in [1.807, 2.05) is 0 Å². The van der Waals surface area contributed by atoms with E-state index in [0.29, 0.717) is 10.2 Å². The molecule has 7 heteroatoms. The molecular weight excluding hydrogens is 336 g/mol. The van der Waals surface area contributed by atoms with Crippen molar-refractivity contribution in [2.75, 3.05) is 32.6 Å². The topological polar surface area (TPSA) is 70.4 Å². The van der Waals surface area contributed by atoms with Gasteiger partial charge in [0.25, 0.3) is 5.56 Å². The summed E-state index contributed by atoms with van der Waals surface area (Å²) in [4.78, 5) is 14.4. The van der Waals surface area contributed by atoms with E-state index in [4.69, 9.17) is 5.11 Å². The van der Waals surface area contributed by atoms with Crippen molar-refractivity contribution in [2.45, 2.75) is 37.8 Å². The minimum Gasteiger partial charge on any atom is -0.394 e. The summed E-state index contributed by atoms with van der Waals surface area (Å²) in [6.45, 7) is 0.902. The third kappa shape index (κ3) is 3.46. The zero-order chi connectivity index (χ0) is 15.5. The summed E-state index contributed by atoms with van der Waals surface area (Å²) in [7, 11) is 4.22. The number of likely N-dealkylation sites (N-methyl/N-ethyl adjacent to an activating group) is 1. The predicted octanol–water partition coefficient (Wildman–Crippen LogP) is 1.28. The summed E-state index contributed by atoms with van der Waals surface area (Å²) < 4.78 is 1.73. The van der Waals surface area contributed by atoms with Crippen LogP contribution in [0.2, 0.25) is 0 Å². The van der Waals surface area contributed by atoms with Crippen LogP contribution < -0.4 is 10.9 Å². The van der Waals surface area contributed by atoms with Crippen molar-refractivity contribution in [3.8, 4) is 0 Å². The molecule has 2 N–H and O–H groups in total. The van der Waals surface area contributed by atoms with Crippen molar-refractivity contribution in [1.82, 2.24) is 14.7 Å². The molecule has 1 aliphatic rings. The van der Waals surface area contributed by atoms with Crippen molar-refractivity contribution in [3.05, 3.63) is 21.0 Å². The van der Waals surface area contributed by atoms with Gasteiger partial charge in [-0.15, -0.1) is 0 Å². The Morgan fingerprint density at radius 2 is 2.14 bits per heavy atom. The van der Waals surface area contributed by atoms with Gasteiger partial charge < -0.3 is 15.3 Å². The highest BCUT2D eigenvalue weighted by Crippen LogP contribution is 2.34. The lowest BCUT2D eigenvalue weighted by molar-refractivity contribution is 0.172. The average Bonchev–Trinajstić information content (AvgIpc) is 2.93. The third-order valence-corrected chi connectivity index (χ3v) is 5.15. The molecule has 1 aromatic rings. The Bertz CT molecular complexity index is 538. The van der Waals surface area contributed by atoms with E-state index < -0.39 is 0 Å². The van der Waals surface area contributed by atoms with Gasteiger partial charge in [0.1, 0.15) is 4.47 Å². The normalized spacial score (nSPS) is 17.4. The molecule has 0 aromatic carbocycles. The van der Waals surface area contributed by atoms with Crippen LogP contribution in [-0.4, -0.2) is 52.6 Å². The van der Waals surface area contributed by atoms with Gasteiger partial charge in [0, 0.05) is 12.1 Å². The highest BCUT2D eigenvalue weighted by molar-refractivity contribution is 9.10. The van der Waals surface area contributed by atoms with Crippen LogP contribution in [0.5, 0.6) is 0 Å². The maximum atomic E-state index is 12.1. The zero-order valence-corrected chi connectivity index (χ0v) is 14.2. The first-order valence-electron chi connectivity index (χ1n) is 7.28. The molecule has 0 unspecified atom stereocenters. The van der Waals surface area contributed by atoms with Crippen LogP contribution in [0.15, 0.2) is 15.5 Å². The number of hydrogen-bond donors (Lipinski definition) is 2. The van der Waals surface area contributed by atoms with Gasteiger partial charge in [-0.25, -0.2) is 4.68 Å². The Morgan fingerprint density at radius 1 is 1.48 bits per heavy atom. The predicted molar refractivity (Wildman–Crippen MR) is 86.7 cm³/mol.